The number of hydrogen-bond donors (Lipinski definition) is 0. The summed E-state index contributed by atoms with van der Waals surface area (Å²) in [6, 6.07) is 15.0. The lowest BCUT2D eigenvalue weighted by Gasteiger charge is -2.06. The molecule has 1 amide bonds. The van der Waals surface area contributed by atoms with Crippen LogP contribution in [0.5, 0.6) is 0 Å². The van der Waals surface area contributed by atoms with Crippen molar-refractivity contribution < 1.29 is 13.6 Å². The molecule has 0 aliphatic carbocycles. The molecule has 5 aromatic rings. The first-order valence-electron chi connectivity index (χ1n) is 8.98. The van der Waals surface area contributed by atoms with E-state index < -0.39 is 17.5 Å². The molecule has 0 aliphatic heterocycles. The Morgan fingerprint density at radius 3 is 2.73 bits per heavy atom. The molecule has 0 fully saturated rings. The largest absolute Gasteiger partial charge is 0.317 e. The normalized spacial score (nSPS) is 12.2. The van der Waals surface area contributed by atoms with E-state index in [9.17, 15) is 13.6 Å². The maximum atomic E-state index is 14.2. The number of amides is 1. The van der Waals surface area contributed by atoms with Gasteiger partial charge in [-0.1, -0.05) is 35.6 Å². The number of aromatic nitrogens is 2. The summed E-state index contributed by atoms with van der Waals surface area (Å²) < 4.78 is 29.6. The Bertz CT molecular complexity index is 1500. The van der Waals surface area contributed by atoms with E-state index in [-0.39, 0.29) is 10.3 Å². The highest BCUT2D eigenvalue weighted by Crippen LogP contribution is 2.28. The number of thiazole rings is 1. The second-order valence-corrected chi connectivity index (χ2v) is 8.60. The summed E-state index contributed by atoms with van der Waals surface area (Å²) in [7, 11) is 1.60. The number of hydrogen-bond acceptors (Lipinski definition) is 4. The third kappa shape index (κ3) is 3.14. The van der Waals surface area contributed by atoms with Crippen LogP contribution in [0.15, 0.2) is 65.0 Å². The molecule has 0 N–H and O–H groups in total. The minimum atomic E-state index is -0.688. The fraction of sp³-hybridized carbons (Fsp3) is 0.0455. The maximum absolute atomic E-state index is 14.2. The summed E-state index contributed by atoms with van der Waals surface area (Å²) in [5.41, 5.74) is 2.01. The molecule has 5 rings (SSSR count). The van der Waals surface area contributed by atoms with Crippen molar-refractivity contribution in [2.45, 2.75) is 0 Å². The molecule has 8 heteroatoms. The highest BCUT2D eigenvalue weighted by atomic mass is 32.1. The van der Waals surface area contributed by atoms with E-state index >= 15 is 0 Å². The Morgan fingerprint density at radius 1 is 1.10 bits per heavy atom. The number of nitrogens with zero attached hydrogens (tertiary/aromatic N) is 3. The van der Waals surface area contributed by atoms with Gasteiger partial charge in [-0.05, 0) is 29.6 Å². The van der Waals surface area contributed by atoms with Gasteiger partial charge in [-0.2, -0.15) is 4.99 Å². The lowest BCUT2D eigenvalue weighted by atomic mass is 10.1. The maximum Gasteiger partial charge on any atom is 0.280 e. The molecule has 0 radical (unpaired) electrons. The van der Waals surface area contributed by atoms with Gasteiger partial charge in [0.2, 0.25) is 0 Å². The Morgan fingerprint density at radius 2 is 1.93 bits per heavy atom. The van der Waals surface area contributed by atoms with Crippen LogP contribution in [0.1, 0.15) is 10.4 Å². The number of carbonyl (C=O) groups excluding carboxylic acids is 1. The van der Waals surface area contributed by atoms with Gasteiger partial charge in [-0.25, -0.2) is 13.8 Å². The number of fused-ring (bicyclic) bond motifs is 2. The first-order valence-corrected chi connectivity index (χ1v) is 10.7. The van der Waals surface area contributed by atoms with E-state index in [2.05, 4.69) is 9.98 Å². The van der Waals surface area contributed by atoms with Crippen LogP contribution in [0.4, 0.5) is 8.78 Å². The Labute approximate surface area is 177 Å². The number of thiophene rings is 1. The number of halogens is 2. The summed E-state index contributed by atoms with van der Waals surface area (Å²) in [6.45, 7) is 0. The van der Waals surface area contributed by atoms with Gasteiger partial charge in [0.05, 0.1) is 31.9 Å². The summed E-state index contributed by atoms with van der Waals surface area (Å²) in [6.07, 6.45) is 0. The van der Waals surface area contributed by atoms with E-state index in [1.165, 1.54) is 22.0 Å². The first kappa shape index (κ1) is 18.8. The topological polar surface area (TPSA) is 47.2 Å². The smallest absolute Gasteiger partial charge is 0.280 e. The van der Waals surface area contributed by atoms with Gasteiger partial charge in [-0.3, -0.25) is 4.79 Å². The van der Waals surface area contributed by atoms with Crippen LogP contribution >= 0.6 is 22.7 Å². The average molecular weight is 437 g/mol. The Balaban J connectivity index is 1.71. The van der Waals surface area contributed by atoms with Crippen molar-refractivity contribution >= 4 is 49.7 Å². The lowest BCUT2D eigenvalue weighted by Crippen LogP contribution is -2.14. The van der Waals surface area contributed by atoms with Crippen LogP contribution in [0, 0.1) is 11.6 Å². The minimum absolute atomic E-state index is 0.215. The number of para-hydroxylation sites is 1. The third-order valence-electron chi connectivity index (χ3n) is 4.73. The monoisotopic (exact) mass is 437 g/mol. The molecule has 0 bridgehead atoms. The molecular formula is C22H13F2N3OS2. The van der Waals surface area contributed by atoms with Crippen molar-refractivity contribution in [1.82, 2.24) is 9.55 Å². The predicted molar refractivity (Wildman–Crippen MR) is 116 cm³/mol. The quantitative estimate of drug-likeness (QED) is 0.364. The fourth-order valence-electron chi connectivity index (χ4n) is 3.36. The van der Waals surface area contributed by atoms with Crippen LogP contribution in [-0.4, -0.2) is 15.5 Å². The van der Waals surface area contributed by atoms with E-state index in [0.29, 0.717) is 26.9 Å². The van der Waals surface area contributed by atoms with Gasteiger partial charge in [-0.15, -0.1) is 11.3 Å². The van der Waals surface area contributed by atoms with Crippen LogP contribution < -0.4 is 4.80 Å². The molecule has 0 spiro atoms. The van der Waals surface area contributed by atoms with Crippen LogP contribution in [-0.2, 0) is 7.05 Å². The van der Waals surface area contributed by atoms with Crippen molar-refractivity contribution in [1.29, 1.82) is 0 Å². The fourth-order valence-corrected chi connectivity index (χ4v) is 5.10. The average Bonchev–Trinajstić information content (AvgIpc) is 3.36. The molecule has 30 heavy (non-hydrogen) atoms. The molecule has 3 heterocycles. The molecule has 0 unspecified atom stereocenters. The summed E-state index contributed by atoms with van der Waals surface area (Å²) >= 11 is 2.60. The van der Waals surface area contributed by atoms with Crippen LogP contribution in [0.2, 0.25) is 0 Å². The van der Waals surface area contributed by atoms with E-state index in [1.807, 2.05) is 41.8 Å². The molecule has 4 nitrogen and oxygen atoms in total. The molecule has 0 saturated carbocycles. The van der Waals surface area contributed by atoms with Crippen molar-refractivity contribution in [2.24, 2.45) is 12.0 Å². The zero-order chi connectivity index (χ0) is 20.8. The van der Waals surface area contributed by atoms with E-state index in [0.717, 1.165) is 22.3 Å². The SMILES string of the molecule is Cn1c(=NC(=O)c2cc(-c3cccs3)nc3ccccc23)sc2cc(F)cc(F)c21. The van der Waals surface area contributed by atoms with Gasteiger partial charge in [0.1, 0.15) is 5.82 Å². The molecule has 3 aromatic heterocycles. The highest BCUT2D eigenvalue weighted by molar-refractivity contribution is 7.16. The van der Waals surface area contributed by atoms with E-state index in [4.69, 9.17) is 0 Å². The number of rotatable bonds is 2. The summed E-state index contributed by atoms with van der Waals surface area (Å²) in [5, 5.41) is 2.63. The third-order valence-corrected chi connectivity index (χ3v) is 6.71. The second-order valence-electron chi connectivity index (χ2n) is 6.64. The minimum Gasteiger partial charge on any atom is -0.317 e. The zero-order valence-electron chi connectivity index (χ0n) is 15.6. The van der Waals surface area contributed by atoms with Crippen molar-refractivity contribution in [3.8, 4) is 10.6 Å². The summed E-state index contributed by atoms with van der Waals surface area (Å²) in [4.78, 5) is 23.3. The molecular weight excluding hydrogens is 424 g/mol. The molecule has 2 aromatic carbocycles. The van der Waals surface area contributed by atoms with Crippen LogP contribution in [0.3, 0.4) is 0 Å². The van der Waals surface area contributed by atoms with Gasteiger partial charge < -0.3 is 4.57 Å². The van der Waals surface area contributed by atoms with Gasteiger partial charge in [0.15, 0.2) is 10.6 Å². The number of benzene rings is 2. The van der Waals surface area contributed by atoms with Gasteiger partial charge >= 0.3 is 0 Å². The van der Waals surface area contributed by atoms with E-state index in [1.54, 1.807) is 13.1 Å². The van der Waals surface area contributed by atoms with Gasteiger partial charge in [0.25, 0.3) is 5.91 Å². The molecule has 0 atom stereocenters. The number of carbonyl (C=O) groups is 1. The van der Waals surface area contributed by atoms with Crippen molar-refractivity contribution in [3.63, 3.8) is 0 Å². The molecule has 0 aliphatic rings. The second kappa shape index (κ2) is 7.23. The van der Waals surface area contributed by atoms with Crippen LogP contribution in [0.25, 0.3) is 31.7 Å². The highest BCUT2D eigenvalue weighted by Gasteiger charge is 2.16. The Hall–Kier alpha value is -3.23. The Kier molecular flexibility index (Phi) is 4.52. The summed E-state index contributed by atoms with van der Waals surface area (Å²) in [5.74, 6) is -1.82. The van der Waals surface area contributed by atoms with Crippen molar-refractivity contribution in [3.05, 3.63) is 82.0 Å². The number of pyridine rings is 1. The molecule has 0 saturated heterocycles. The first-order chi connectivity index (χ1) is 14.5. The van der Waals surface area contributed by atoms with Gasteiger partial charge in [0, 0.05) is 18.5 Å². The standard InChI is InChI=1S/C22H13F2N3OS2/c1-27-20-15(24)9-12(23)10-19(20)30-22(27)26-21(28)14-11-17(18-7-4-8-29-18)25-16-6-3-2-5-13(14)16/h2-11H,1H3. The zero-order valence-corrected chi connectivity index (χ0v) is 17.2. The van der Waals surface area contributed by atoms with Crippen molar-refractivity contribution in [2.75, 3.05) is 0 Å². The number of aryl methyl sites for hydroxylation is 1. The molecule has 148 valence electrons. The predicted octanol–water partition coefficient (Wildman–Crippen LogP) is 5.54. The lowest BCUT2D eigenvalue weighted by molar-refractivity contribution is 0.0999.